The molecule has 1 aliphatic carbocycles. The van der Waals surface area contributed by atoms with Crippen LogP contribution in [0.25, 0.3) is 11.0 Å². The molecule has 1 aromatic carbocycles. The lowest BCUT2D eigenvalue weighted by molar-refractivity contribution is -0.132. The van der Waals surface area contributed by atoms with Crippen molar-refractivity contribution in [3.8, 4) is 6.07 Å². The van der Waals surface area contributed by atoms with Crippen LogP contribution in [0.1, 0.15) is 48.4 Å². The highest BCUT2D eigenvalue weighted by molar-refractivity contribution is 5.79. The average Bonchev–Trinajstić information content (AvgIpc) is 3.37. The first kappa shape index (κ1) is 23.0. The number of hydrogen-bond acceptors (Lipinski definition) is 7. The minimum atomic E-state index is -0.284. The van der Waals surface area contributed by atoms with E-state index in [0.717, 1.165) is 49.9 Å². The third kappa shape index (κ3) is 4.62. The van der Waals surface area contributed by atoms with Crippen molar-refractivity contribution in [3.63, 3.8) is 0 Å². The van der Waals surface area contributed by atoms with Crippen molar-refractivity contribution in [1.29, 1.82) is 5.26 Å². The SMILES string of the molecule is CN(C)CC(=O)N1CCc2ccc(Nc3ncc4cc(C#N)c(=O)n(C5CCCC5)c4n3)cc2C1. The maximum atomic E-state index is 13.0. The molecule has 2 aromatic heterocycles. The van der Waals surface area contributed by atoms with Gasteiger partial charge >= 0.3 is 0 Å². The van der Waals surface area contributed by atoms with Gasteiger partial charge in [-0.3, -0.25) is 14.2 Å². The van der Waals surface area contributed by atoms with E-state index in [2.05, 4.69) is 16.4 Å². The molecule has 1 aliphatic heterocycles. The smallest absolute Gasteiger partial charge is 0.270 e. The van der Waals surface area contributed by atoms with Gasteiger partial charge in [0.2, 0.25) is 11.9 Å². The van der Waals surface area contributed by atoms with Gasteiger partial charge in [0.05, 0.1) is 6.54 Å². The molecule has 0 radical (unpaired) electrons. The molecule has 180 valence electrons. The van der Waals surface area contributed by atoms with Gasteiger partial charge in [-0.05, 0) is 62.7 Å². The Morgan fingerprint density at radius 2 is 2.03 bits per heavy atom. The highest BCUT2D eigenvalue weighted by Gasteiger charge is 2.24. The number of carbonyl (C=O) groups excluding carboxylic acids is 1. The molecule has 35 heavy (non-hydrogen) atoms. The molecule has 0 unspecified atom stereocenters. The van der Waals surface area contributed by atoms with Gasteiger partial charge in [0.15, 0.2) is 0 Å². The number of nitrogens with one attached hydrogen (secondary N) is 1. The summed E-state index contributed by atoms with van der Waals surface area (Å²) in [5.41, 5.74) is 3.56. The summed E-state index contributed by atoms with van der Waals surface area (Å²) in [5, 5.41) is 13.4. The average molecular weight is 472 g/mol. The van der Waals surface area contributed by atoms with Crippen molar-refractivity contribution in [2.45, 2.75) is 44.7 Å². The van der Waals surface area contributed by atoms with Crippen LogP contribution in [0.3, 0.4) is 0 Å². The summed E-state index contributed by atoms with van der Waals surface area (Å²) in [7, 11) is 3.80. The van der Waals surface area contributed by atoms with E-state index in [-0.39, 0.29) is 23.1 Å². The Morgan fingerprint density at radius 1 is 1.23 bits per heavy atom. The molecule has 9 nitrogen and oxygen atoms in total. The predicted octanol–water partition coefficient (Wildman–Crippen LogP) is 2.97. The van der Waals surface area contributed by atoms with E-state index < -0.39 is 0 Å². The number of benzene rings is 1. The van der Waals surface area contributed by atoms with E-state index in [1.165, 1.54) is 5.56 Å². The van der Waals surface area contributed by atoms with Crippen LogP contribution < -0.4 is 10.9 Å². The van der Waals surface area contributed by atoms with Crippen molar-refractivity contribution in [2.75, 3.05) is 32.5 Å². The second-order valence-corrected chi connectivity index (χ2v) is 9.67. The third-order valence-electron chi connectivity index (χ3n) is 6.86. The van der Waals surface area contributed by atoms with Gasteiger partial charge in [-0.1, -0.05) is 18.9 Å². The number of carbonyl (C=O) groups is 1. The fourth-order valence-corrected chi connectivity index (χ4v) is 5.11. The Balaban J connectivity index is 1.44. The minimum Gasteiger partial charge on any atom is -0.337 e. The van der Waals surface area contributed by atoms with Crippen molar-refractivity contribution in [2.24, 2.45) is 0 Å². The molecule has 0 bridgehead atoms. The number of likely N-dealkylation sites (N-methyl/N-ethyl adjacent to an activating group) is 1. The normalized spacial score (nSPS) is 15.9. The Morgan fingerprint density at radius 3 is 2.77 bits per heavy atom. The summed E-state index contributed by atoms with van der Waals surface area (Å²) in [6.45, 7) is 1.70. The number of hydrogen-bond donors (Lipinski definition) is 1. The van der Waals surface area contributed by atoms with Crippen LogP contribution in [0.4, 0.5) is 11.6 Å². The van der Waals surface area contributed by atoms with E-state index >= 15 is 0 Å². The van der Waals surface area contributed by atoms with Crippen LogP contribution in [0, 0.1) is 11.3 Å². The van der Waals surface area contributed by atoms with E-state index in [1.807, 2.05) is 42.1 Å². The molecule has 0 saturated heterocycles. The first-order chi connectivity index (χ1) is 16.9. The van der Waals surface area contributed by atoms with Crippen LogP contribution in [0.15, 0.2) is 35.3 Å². The highest BCUT2D eigenvalue weighted by atomic mass is 16.2. The van der Waals surface area contributed by atoms with Gasteiger partial charge in [0.1, 0.15) is 17.3 Å². The largest absolute Gasteiger partial charge is 0.337 e. The molecule has 3 aromatic rings. The van der Waals surface area contributed by atoms with Gasteiger partial charge in [-0.15, -0.1) is 0 Å². The van der Waals surface area contributed by atoms with E-state index in [0.29, 0.717) is 30.1 Å². The van der Waals surface area contributed by atoms with Crippen molar-refractivity contribution in [1.82, 2.24) is 24.3 Å². The quantitative estimate of drug-likeness (QED) is 0.610. The molecule has 1 amide bonds. The first-order valence-corrected chi connectivity index (χ1v) is 12.1. The number of fused-ring (bicyclic) bond motifs is 2. The summed E-state index contributed by atoms with van der Waals surface area (Å²) in [6.07, 6.45) is 6.44. The second kappa shape index (κ2) is 9.47. The van der Waals surface area contributed by atoms with Gasteiger partial charge < -0.3 is 15.1 Å². The number of pyridine rings is 1. The van der Waals surface area contributed by atoms with Crippen LogP contribution in [0.5, 0.6) is 0 Å². The zero-order valence-corrected chi connectivity index (χ0v) is 20.1. The molecular formula is C26H29N7O2. The molecule has 1 N–H and O–H groups in total. The van der Waals surface area contributed by atoms with Gasteiger partial charge in [0.25, 0.3) is 5.56 Å². The second-order valence-electron chi connectivity index (χ2n) is 9.67. The summed E-state index contributed by atoms with van der Waals surface area (Å²) < 4.78 is 1.69. The Labute approximate surface area is 204 Å². The standard InChI is InChI=1S/C26H29N7O2/c1-31(2)16-23(34)32-10-9-17-7-8-21(12-20(17)15-32)29-26-28-14-19-11-18(13-27)25(35)33(24(19)30-26)22-5-3-4-6-22/h7-8,11-12,14,22H,3-6,9-10,15-16H2,1-2H3,(H,28,29,30). The lowest BCUT2D eigenvalue weighted by atomic mass is 9.99. The van der Waals surface area contributed by atoms with Crippen LogP contribution in [-0.4, -0.2) is 57.4 Å². The van der Waals surface area contributed by atoms with Crippen LogP contribution in [-0.2, 0) is 17.8 Å². The molecule has 5 rings (SSSR count). The maximum Gasteiger partial charge on any atom is 0.270 e. The van der Waals surface area contributed by atoms with Gasteiger partial charge in [-0.25, -0.2) is 4.98 Å². The minimum absolute atomic E-state index is 0.0514. The zero-order chi connectivity index (χ0) is 24.5. The number of amides is 1. The topological polar surface area (TPSA) is 107 Å². The number of nitriles is 1. The summed E-state index contributed by atoms with van der Waals surface area (Å²) in [4.78, 5) is 38.5. The lowest BCUT2D eigenvalue weighted by Crippen LogP contribution is -2.40. The molecule has 2 aliphatic rings. The number of anilines is 2. The fourth-order valence-electron chi connectivity index (χ4n) is 5.11. The molecule has 1 saturated carbocycles. The summed E-state index contributed by atoms with van der Waals surface area (Å²) in [5.74, 6) is 0.517. The molecule has 0 spiro atoms. The monoisotopic (exact) mass is 471 g/mol. The van der Waals surface area contributed by atoms with Crippen LogP contribution in [0.2, 0.25) is 0 Å². The van der Waals surface area contributed by atoms with Gasteiger partial charge in [-0.2, -0.15) is 10.2 Å². The molecule has 3 heterocycles. The summed E-state index contributed by atoms with van der Waals surface area (Å²) in [6, 6.07) is 9.77. The zero-order valence-electron chi connectivity index (χ0n) is 20.1. The lowest BCUT2D eigenvalue weighted by Gasteiger charge is -2.30. The molecule has 9 heteroatoms. The maximum absolute atomic E-state index is 13.0. The molecular weight excluding hydrogens is 442 g/mol. The van der Waals surface area contributed by atoms with E-state index in [4.69, 9.17) is 4.98 Å². The Hall–Kier alpha value is -3.77. The number of aromatic nitrogens is 3. The number of rotatable bonds is 5. The van der Waals surface area contributed by atoms with Gasteiger partial charge in [0, 0.05) is 36.4 Å². The number of nitrogens with zero attached hydrogens (tertiary/aromatic N) is 6. The molecule has 1 fully saturated rings. The Kier molecular flexibility index (Phi) is 6.22. The van der Waals surface area contributed by atoms with E-state index in [1.54, 1.807) is 16.8 Å². The highest BCUT2D eigenvalue weighted by Crippen LogP contribution is 2.31. The fraction of sp³-hybridized carbons (Fsp3) is 0.423. The summed E-state index contributed by atoms with van der Waals surface area (Å²) >= 11 is 0. The van der Waals surface area contributed by atoms with Crippen LogP contribution >= 0.6 is 0 Å². The predicted molar refractivity (Wildman–Crippen MR) is 133 cm³/mol. The van der Waals surface area contributed by atoms with Crippen molar-refractivity contribution < 1.29 is 4.79 Å². The van der Waals surface area contributed by atoms with E-state index in [9.17, 15) is 14.9 Å². The van der Waals surface area contributed by atoms with Crippen molar-refractivity contribution >= 4 is 28.6 Å². The first-order valence-electron chi connectivity index (χ1n) is 12.1. The third-order valence-corrected chi connectivity index (χ3v) is 6.86. The van der Waals surface area contributed by atoms with Crippen molar-refractivity contribution in [3.05, 3.63) is 57.5 Å². The Bertz CT molecular complexity index is 1380. The molecule has 0 atom stereocenters.